The van der Waals surface area contributed by atoms with Crippen LogP contribution in [0.25, 0.3) is 0 Å². The van der Waals surface area contributed by atoms with E-state index in [0.717, 1.165) is 4.88 Å². The molecule has 0 unspecified atom stereocenters. The van der Waals surface area contributed by atoms with Gasteiger partial charge in [0.25, 0.3) is 0 Å². The Labute approximate surface area is 157 Å². The molecule has 0 bridgehead atoms. The van der Waals surface area contributed by atoms with E-state index in [1.54, 1.807) is 23.5 Å². The van der Waals surface area contributed by atoms with Crippen LogP contribution in [0.3, 0.4) is 0 Å². The third-order valence-corrected chi connectivity index (χ3v) is 7.22. The van der Waals surface area contributed by atoms with Gasteiger partial charge in [0.1, 0.15) is 5.75 Å². The summed E-state index contributed by atoms with van der Waals surface area (Å²) in [5, 5.41) is 4.88. The van der Waals surface area contributed by atoms with Crippen LogP contribution in [0.15, 0.2) is 46.7 Å². The van der Waals surface area contributed by atoms with Crippen LogP contribution < -0.4 is 10.1 Å². The van der Waals surface area contributed by atoms with Crippen LogP contribution >= 0.6 is 11.3 Å². The average Bonchev–Trinajstić information content (AvgIpc) is 3.20. The highest BCUT2D eigenvalue weighted by molar-refractivity contribution is 7.89. The summed E-state index contributed by atoms with van der Waals surface area (Å²) in [5.74, 6) is 0.193. The molecule has 3 rings (SSSR count). The molecule has 1 N–H and O–H groups in total. The number of sulfonamides is 1. The zero-order valence-electron chi connectivity index (χ0n) is 14.6. The maximum Gasteiger partial charge on any atom is 0.243 e. The van der Waals surface area contributed by atoms with Crippen molar-refractivity contribution in [1.29, 1.82) is 0 Å². The number of thiophene rings is 1. The van der Waals surface area contributed by atoms with Crippen LogP contribution in [0.5, 0.6) is 5.75 Å². The molecule has 0 spiro atoms. The lowest BCUT2D eigenvalue weighted by molar-refractivity contribution is -0.126. The summed E-state index contributed by atoms with van der Waals surface area (Å²) < 4.78 is 32.2. The first-order valence-electron chi connectivity index (χ1n) is 8.45. The molecule has 0 radical (unpaired) electrons. The predicted octanol–water partition coefficient (Wildman–Crippen LogP) is 2.47. The SMILES string of the molecule is COc1ccc(S(=O)(=O)N2CCC[C@H](C(=O)NCc3cccs3)C2)cc1. The maximum atomic E-state index is 12.9. The number of carbonyl (C=O) groups is 1. The normalized spacial score (nSPS) is 18.4. The number of hydrogen-bond acceptors (Lipinski definition) is 5. The Morgan fingerprint density at radius 1 is 1.31 bits per heavy atom. The Morgan fingerprint density at radius 2 is 2.08 bits per heavy atom. The number of hydrogen-bond donors (Lipinski definition) is 1. The number of amides is 1. The van der Waals surface area contributed by atoms with Gasteiger partial charge in [-0.2, -0.15) is 4.31 Å². The van der Waals surface area contributed by atoms with E-state index in [2.05, 4.69) is 5.32 Å². The molecule has 26 heavy (non-hydrogen) atoms. The Hall–Kier alpha value is -1.90. The zero-order valence-corrected chi connectivity index (χ0v) is 16.2. The molecule has 1 aliphatic rings. The second-order valence-electron chi connectivity index (χ2n) is 6.17. The van der Waals surface area contributed by atoms with Gasteiger partial charge in [-0.15, -0.1) is 11.3 Å². The molecule has 0 saturated carbocycles. The largest absolute Gasteiger partial charge is 0.497 e. The third-order valence-electron chi connectivity index (χ3n) is 4.47. The Kier molecular flexibility index (Phi) is 5.95. The Morgan fingerprint density at radius 3 is 2.73 bits per heavy atom. The third kappa shape index (κ3) is 4.25. The molecule has 2 aromatic rings. The quantitative estimate of drug-likeness (QED) is 0.817. The van der Waals surface area contributed by atoms with E-state index in [4.69, 9.17) is 4.74 Å². The topological polar surface area (TPSA) is 75.7 Å². The minimum absolute atomic E-state index is 0.0898. The molecule has 8 heteroatoms. The van der Waals surface area contributed by atoms with Crippen LogP contribution in [-0.2, 0) is 21.4 Å². The van der Waals surface area contributed by atoms with E-state index in [0.29, 0.717) is 31.7 Å². The smallest absolute Gasteiger partial charge is 0.243 e. The van der Waals surface area contributed by atoms with Crippen molar-refractivity contribution in [2.75, 3.05) is 20.2 Å². The average molecular weight is 395 g/mol. The zero-order chi connectivity index (χ0) is 18.6. The van der Waals surface area contributed by atoms with Gasteiger partial charge in [0.05, 0.1) is 24.5 Å². The summed E-state index contributed by atoms with van der Waals surface area (Å²) in [6.07, 6.45) is 1.37. The molecule has 6 nitrogen and oxygen atoms in total. The van der Waals surface area contributed by atoms with Crippen molar-refractivity contribution >= 4 is 27.3 Å². The number of ether oxygens (including phenoxy) is 1. The summed E-state index contributed by atoms with van der Waals surface area (Å²) in [4.78, 5) is 13.7. The maximum absolute atomic E-state index is 12.9. The lowest BCUT2D eigenvalue weighted by Gasteiger charge is -2.31. The van der Waals surface area contributed by atoms with Gasteiger partial charge < -0.3 is 10.1 Å². The minimum atomic E-state index is -3.61. The summed E-state index contributed by atoms with van der Waals surface area (Å²) in [6.45, 7) is 1.13. The van der Waals surface area contributed by atoms with Crippen LogP contribution in [0.4, 0.5) is 0 Å². The van der Waals surface area contributed by atoms with Gasteiger partial charge in [-0.25, -0.2) is 8.42 Å². The monoisotopic (exact) mass is 394 g/mol. The van der Waals surface area contributed by atoms with Gasteiger partial charge in [0, 0.05) is 18.0 Å². The van der Waals surface area contributed by atoms with Gasteiger partial charge in [-0.05, 0) is 48.6 Å². The summed E-state index contributed by atoms with van der Waals surface area (Å²) in [5.41, 5.74) is 0. The highest BCUT2D eigenvalue weighted by Crippen LogP contribution is 2.25. The van der Waals surface area contributed by atoms with Crippen LogP contribution in [-0.4, -0.2) is 38.8 Å². The molecule has 2 heterocycles. The number of rotatable bonds is 6. The first-order chi connectivity index (χ1) is 12.5. The van der Waals surface area contributed by atoms with E-state index < -0.39 is 10.0 Å². The lowest BCUT2D eigenvalue weighted by Crippen LogP contribution is -2.45. The van der Waals surface area contributed by atoms with Gasteiger partial charge >= 0.3 is 0 Å². The molecule has 1 aliphatic heterocycles. The molecule has 1 aromatic heterocycles. The Bertz CT molecular complexity index is 833. The molecule has 1 aromatic carbocycles. The fourth-order valence-corrected chi connectivity index (χ4v) is 5.17. The van der Waals surface area contributed by atoms with Crippen LogP contribution in [0.2, 0.25) is 0 Å². The fraction of sp³-hybridized carbons (Fsp3) is 0.389. The van der Waals surface area contributed by atoms with Crippen molar-refractivity contribution < 1.29 is 17.9 Å². The molecule has 1 amide bonds. The molecule has 1 atom stereocenters. The van der Waals surface area contributed by atoms with E-state index in [1.165, 1.54) is 23.5 Å². The van der Waals surface area contributed by atoms with Gasteiger partial charge in [0.2, 0.25) is 15.9 Å². The number of piperidine rings is 1. The highest BCUT2D eigenvalue weighted by atomic mass is 32.2. The number of benzene rings is 1. The number of methoxy groups -OCH3 is 1. The van der Waals surface area contributed by atoms with Crippen LogP contribution in [0, 0.1) is 5.92 Å². The standard InChI is InChI=1S/C18H22N2O4S2/c1-24-15-6-8-17(9-7-15)26(22,23)20-10-2-4-14(13-20)18(21)19-12-16-5-3-11-25-16/h3,5-9,11,14H,2,4,10,12-13H2,1H3,(H,19,21)/t14-/m0/s1. The summed E-state index contributed by atoms with van der Waals surface area (Å²) in [7, 11) is -2.08. The molecule has 1 fully saturated rings. The van der Waals surface area contributed by atoms with E-state index in [1.807, 2.05) is 17.5 Å². The van der Waals surface area contributed by atoms with Gasteiger partial charge in [-0.3, -0.25) is 4.79 Å². The number of nitrogens with one attached hydrogen (secondary N) is 1. The van der Waals surface area contributed by atoms with Gasteiger partial charge in [-0.1, -0.05) is 6.07 Å². The van der Waals surface area contributed by atoms with Crippen molar-refractivity contribution in [3.8, 4) is 5.75 Å². The first-order valence-corrected chi connectivity index (χ1v) is 10.8. The summed E-state index contributed by atoms with van der Waals surface area (Å²) in [6, 6.07) is 10.2. The lowest BCUT2D eigenvalue weighted by atomic mass is 9.99. The Balaban J connectivity index is 1.65. The number of carbonyl (C=O) groups excluding carboxylic acids is 1. The minimum Gasteiger partial charge on any atom is -0.497 e. The van der Waals surface area contributed by atoms with Crippen molar-refractivity contribution in [3.05, 3.63) is 46.7 Å². The second-order valence-corrected chi connectivity index (χ2v) is 9.15. The molecule has 1 saturated heterocycles. The van der Waals surface area contributed by atoms with E-state index in [-0.39, 0.29) is 23.3 Å². The predicted molar refractivity (Wildman–Crippen MR) is 101 cm³/mol. The molecular formula is C18H22N2O4S2. The van der Waals surface area contributed by atoms with Crippen molar-refractivity contribution in [1.82, 2.24) is 9.62 Å². The highest BCUT2D eigenvalue weighted by Gasteiger charge is 2.33. The molecular weight excluding hydrogens is 372 g/mol. The second kappa shape index (κ2) is 8.20. The van der Waals surface area contributed by atoms with Crippen molar-refractivity contribution in [2.24, 2.45) is 5.92 Å². The molecule has 0 aliphatic carbocycles. The van der Waals surface area contributed by atoms with E-state index in [9.17, 15) is 13.2 Å². The number of nitrogens with zero attached hydrogens (tertiary/aromatic N) is 1. The van der Waals surface area contributed by atoms with Crippen molar-refractivity contribution in [3.63, 3.8) is 0 Å². The van der Waals surface area contributed by atoms with Crippen LogP contribution in [0.1, 0.15) is 17.7 Å². The van der Waals surface area contributed by atoms with E-state index >= 15 is 0 Å². The first kappa shape index (κ1) is 18.9. The van der Waals surface area contributed by atoms with Gasteiger partial charge in [0.15, 0.2) is 0 Å². The molecule has 140 valence electrons. The fourth-order valence-electron chi connectivity index (χ4n) is 3.00. The van der Waals surface area contributed by atoms with Crippen molar-refractivity contribution in [2.45, 2.75) is 24.3 Å². The summed E-state index contributed by atoms with van der Waals surface area (Å²) >= 11 is 1.59.